The third-order valence-corrected chi connectivity index (χ3v) is 2.45. The van der Waals surface area contributed by atoms with E-state index in [0.717, 1.165) is 18.4 Å². The third-order valence-electron chi connectivity index (χ3n) is 2.45. The lowest BCUT2D eigenvalue weighted by atomic mass is 10.0. The number of fused-ring (bicyclic) bond motifs is 1. The van der Waals surface area contributed by atoms with Crippen LogP contribution in [0.1, 0.15) is 31.4 Å². The molecule has 0 aliphatic carbocycles. The summed E-state index contributed by atoms with van der Waals surface area (Å²) in [6.45, 7) is 2.01. The first-order valence-electron chi connectivity index (χ1n) is 5.17. The molecule has 5 heteroatoms. The van der Waals surface area contributed by atoms with E-state index >= 15 is 0 Å². The van der Waals surface area contributed by atoms with Crippen LogP contribution < -0.4 is 15.2 Å². The molecule has 1 aliphatic heterocycles. The summed E-state index contributed by atoms with van der Waals surface area (Å²) in [5.74, 6) is 0.103. The second kappa shape index (κ2) is 3.90. The van der Waals surface area contributed by atoms with Gasteiger partial charge in [-0.3, -0.25) is 0 Å². The van der Waals surface area contributed by atoms with Gasteiger partial charge in [-0.25, -0.2) is 0 Å². The van der Waals surface area contributed by atoms with Gasteiger partial charge in [0, 0.05) is 6.04 Å². The Morgan fingerprint density at radius 1 is 1.31 bits per heavy atom. The minimum atomic E-state index is -3.56. The van der Waals surface area contributed by atoms with E-state index in [1.165, 1.54) is 12.1 Å². The van der Waals surface area contributed by atoms with Gasteiger partial charge in [0.25, 0.3) is 0 Å². The van der Waals surface area contributed by atoms with Gasteiger partial charge in [0.2, 0.25) is 0 Å². The lowest BCUT2D eigenvalue weighted by molar-refractivity contribution is -0.286. The molecule has 1 aromatic carbocycles. The molecule has 1 heterocycles. The van der Waals surface area contributed by atoms with E-state index in [2.05, 4.69) is 9.47 Å². The number of rotatable bonds is 3. The molecular formula is C11H13F2NO2. The van der Waals surface area contributed by atoms with Crippen LogP contribution in [0.4, 0.5) is 8.78 Å². The molecular weight excluding hydrogens is 216 g/mol. The van der Waals surface area contributed by atoms with E-state index in [1.54, 1.807) is 6.07 Å². The first-order valence-corrected chi connectivity index (χ1v) is 5.17. The first kappa shape index (κ1) is 11.1. The van der Waals surface area contributed by atoms with Crippen LogP contribution in [-0.2, 0) is 0 Å². The Hall–Kier alpha value is -1.36. The van der Waals surface area contributed by atoms with Gasteiger partial charge in [0.1, 0.15) is 0 Å². The van der Waals surface area contributed by atoms with E-state index < -0.39 is 6.29 Å². The van der Waals surface area contributed by atoms with Gasteiger partial charge in [0.05, 0.1) is 0 Å². The van der Waals surface area contributed by atoms with Gasteiger partial charge < -0.3 is 15.2 Å². The summed E-state index contributed by atoms with van der Waals surface area (Å²) in [6.07, 6.45) is -1.82. The molecule has 2 rings (SSSR count). The van der Waals surface area contributed by atoms with Crippen molar-refractivity contribution in [1.82, 2.24) is 0 Å². The molecule has 0 amide bonds. The average Bonchev–Trinajstić information content (AvgIpc) is 2.50. The smallest absolute Gasteiger partial charge is 0.395 e. The van der Waals surface area contributed by atoms with Crippen molar-refractivity contribution in [3.05, 3.63) is 23.8 Å². The van der Waals surface area contributed by atoms with Gasteiger partial charge in [-0.1, -0.05) is 19.4 Å². The summed E-state index contributed by atoms with van der Waals surface area (Å²) < 4.78 is 34.1. The third kappa shape index (κ3) is 2.09. The van der Waals surface area contributed by atoms with Gasteiger partial charge in [-0.2, -0.15) is 0 Å². The van der Waals surface area contributed by atoms with E-state index in [9.17, 15) is 8.78 Å². The topological polar surface area (TPSA) is 44.5 Å². The number of halogens is 2. The highest BCUT2D eigenvalue weighted by atomic mass is 19.3. The van der Waals surface area contributed by atoms with Crippen LogP contribution in [0.2, 0.25) is 0 Å². The Balaban J connectivity index is 2.22. The fourth-order valence-corrected chi connectivity index (χ4v) is 1.67. The van der Waals surface area contributed by atoms with E-state index in [4.69, 9.17) is 5.73 Å². The van der Waals surface area contributed by atoms with Crippen molar-refractivity contribution in [2.75, 3.05) is 0 Å². The van der Waals surface area contributed by atoms with Crippen LogP contribution in [-0.4, -0.2) is 6.29 Å². The van der Waals surface area contributed by atoms with Gasteiger partial charge in [-0.15, -0.1) is 8.78 Å². The van der Waals surface area contributed by atoms with Crippen molar-refractivity contribution in [3.63, 3.8) is 0 Å². The molecule has 0 saturated heterocycles. The molecule has 3 nitrogen and oxygen atoms in total. The molecule has 0 radical (unpaired) electrons. The van der Waals surface area contributed by atoms with E-state index in [0.29, 0.717) is 0 Å². The summed E-state index contributed by atoms with van der Waals surface area (Å²) in [7, 11) is 0. The van der Waals surface area contributed by atoms with Gasteiger partial charge in [-0.05, 0) is 24.1 Å². The van der Waals surface area contributed by atoms with E-state index in [1.807, 2.05) is 6.92 Å². The average molecular weight is 229 g/mol. The number of hydrogen-bond donors (Lipinski definition) is 1. The number of ether oxygens (including phenoxy) is 2. The summed E-state index contributed by atoms with van der Waals surface area (Å²) >= 11 is 0. The maximum absolute atomic E-state index is 12.7. The largest absolute Gasteiger partial charge is 0.586 e. The molecule has 1 aromatic rings. The second-order valence-electron chi connectivity index (χ2n) is 3.77. The fraction of sp³-hybridized carbons (Fsp3) is 0.455. The normalized spacial score (nSPS) is 18.5. The van der Waals surface area contributed by atoms with Crippen molar-refractivity contribution < 1.29 is 18.3 Å². The maximum Gasteiger partial charge on any atom is 0.586 e. The van der Waals surface area contributed by atoms with Crippen LogP contribution in [0.3, 0.4) is 0 Å². The van der Waals surface area contributed by atoms with Crippen molar-refractivity contribution >= 4 is 0 Å². The zero-order chi connectivity index (χ0) is 11.8. The molecule has 1 aliphatic rings. The summed E-state index contributed by atoms with van der Waals surface area (Å²) in [5.41, 5.74) is 6.66. The fourth-order valence-electron chi connectivity index (χ4n) is 1.67. The second-order valence-corrected chi connectivity index (χ2v) is 3.77. The molecule has 0 saturated carbocycles. The molecule has 0 unspecified atom stereocenters. The number of benzene rings is 1. The highest BCUT2D eigenvalue weighted by Gasteiger charge is 2.43. The number of nitrogens with two attached hydrogens (primary N) is 1. The lowest BCUT2D eigenvalue weighted by Gasteiger charge is -2.10. The Bertz CT molecular complexity index is 396. The minimum Gasteiger partial charge on any atom is -0.395 e. The summed E-state index contributed by atoms with van der Waals surface area (Å²) in [6, 6.07) is 4.50. The van der Waals surface area contributed by atoms with E-state index in [-0.39, 0.29) is 17.5 Å². The highest BCUT2D eigenvalue weighted by Crippen LogP contribution is 2.42. The first-order chi connectivity index (χ1) is 7.52. The molecule has 88 valence electrons. The van der Waals surface area contributed by atoms with Crippen LogP contribution in [0.15, 0.2) is 18.2 Å². The Morgan fingerprint density at radius 2 is 2.00 bits per heavy atom. The molecule has 0 aromatic heterocycles. The van der Waals surface area contributed by atoms with Crippen LogP contribution in [0, 0.1) is 0 Å². The molecule has 0 spiro atoms. The SMILES string of the molecule is CCC[C@H](N)c1ccc2c(c1)OC(F)(F)O2. The Labute approximate surface area is 92.1 Å². The predicted molar refractivity (Wildman–Crippen MR) is 54.5 cm³/mol. The van der Waals surface area contributed by atoms with Crippen molar-refractivity contribution in [1.29, 1.82) is 0 Å². The van der Waals surface area contributed by atoms with Crippen LogP contribution in [0.25, 0.3) is 0 Å². The lowest BCUT2D eigenvalue weighted by Crippen LogP contribution is -2.25. The number of alkyl halides is 2. The van der Waals surface area contributed by atoms with Crippen LogP contribution in [0.5, 0.6) is 11.5 Å². The summed E-state index contributed by atoms with van der Waals surface area (Å²) in [5, 5.41) is 0. The molecule has 1 atom stereocenters. The number of hydrogen-bond acceptors (Lipinski definition) is 3. The standard InChI is InChI=1S/C11H13F2NO2/c1-2-3-8(14)7-4-5-9-10(6-7)16-11(12,13)15-9/h4-6,8H,2-3,14H2,1H3/t8-/m0/s1. The monoisotopic (exact) mass is 229 g/mol. The van der Waals surface area contributed by atoms with Gasteiger partial charge in [0.15, 0.2) is 11.5 Å². The molecule has 0 fully saturated rings. The Kier molecular flexibility index (Phi) is 2.71. The summed E-state index contributed by atoms with van der Waals surface area (Å²) in [4.78, 5) is 0. The molecule has 2 N–H and O–H groups in total. The highest BCUT2D eigenvalue weighted by molar-refractivity contribution is 5.45. The van der Waals surface area contributed by atoms with Crippen molar-refractivity contribution in [2.45, 2.75) is 32.1 Å². The predicted octanol–water partition coefficient (Wildman–Crippen LogP) is 2.81. The zero-order valence-electron chi connectivity index (χ0n) is 8.87. The Morgan fingerprint density at radius 3 is 2.69 bits per heavy atom. The quantitative estimate of drug-likeness (QED) is 0.866. The van der Waals surface area contributed by atoms with Gasteiger partial charge >= 0.3 is 6.29 Å². The zero-order valence-corrected chi connectivity index (χ0v) is 8.87. The maximum atomic E-state index is 12.7. The molecule has 16 heavy (non-hydrogen) atoms. The van der Waals surface area contributed by atoms with Crippen molar-refractivity contribution in [2.24, 2.45) is 5.73 Å². The van der Waals surface area contributed by atoms with Crippen LogP contribution >= 0.6 is 0 Å². The minimum absolute atomic E-state index is 0.0500. The van der Waals surface area contributed by atoms with Crippen molar-refractivity contribution in [3.8, 4) is 11.5 Å². The molecule has 0 bridgehead atoms.